The summed E-state index contributed by atoms with van der Waals surface area (Å²) in [7, 11) is -3.46. The Morgan fingerprint density at radius 3 is 0.972 bits per heavy atom. The summed E-state index contributed by atoms with van der Waals surface area (Å²) >= 11 is 0. The molecule has 15 bridgehead atoms. The number of hydrogen-bond donors (Lipinski definition) is 9. The molecule has 9 aliphatic heterocycles. The van der Waals surface area contributed by atoms with Crippen molar-refractivity contribution in [1.29, 1.82) is 0 Å². The molecule has 142 heavy (non-hydrogen) atoms. The number of nitrogens with one attached hydrogen (secondary N) is 9. The number of nitrogens with zero attached hydrogens (tertiary/aromatic N) is 9. The molecule has 0 saturated carbocycles. The molecular weight excluding hydrogens is 1830 g/mol. The van der Waals surface area contributed by atoms with Crippen molar-refractivity contribution in [1.82, 2.24) is 92.3 Å². The number of likely N-dealkylation sites (tertiary alicyclic amines) is 2. The van der Waals surface area contributed by atoms with Gasteiger partial charge in [0, 0.05) is 55.4 Å². The van der Waals surface area contributed by atoms with Crippen molar-refractivity contribution >= 4 is 132 Å². The summed E-state index contributed by atoms with van der Waals surface area (Å²) in [5.41, 5.74) is 13.9. The Bertz CT molecular complexity index is 6050. The number of rotatable bonds is 7. The number of fused-ring (bicyclic) bond motifs is 12. The molecule has 6 saturated heterocycles. The number of benzene rings is 4. The minimum absolute atomic E-state index is 0.143. The first-order chi connectivity index (χ1) is 67.7. The number of hydrazine groups is 3. The second-order valence-corrected chi connectivity index (χ2v) is 42.3. The van der Waals surface area contributed by atoms with Gasteiger partial charge in [-0.3, -0.25) is 77.5 Å². The van der Waals surface area contributed by atoms with Gasteiger partial charge in [0.25, 0.3) is 17.7 Å². The van der Waals surface area contributed by atoms with Crippen LogP contribution >= 0.6 is 0 Å². The SMILES string of the molecule is CC(C)[C@@H]1NC(=O)C2(/C=C/c3ccc4ccc(nc4c3)[C@@H](C)OC(=O)[C@@H]3CCCN(N3)C(=O)[C@H](C)NC1=O)CCN(Cc1ccccc1)CC2.CC(C)[C@@H]1NC(=O)C2(/C=C/c3ccc4ccc(nc4c3)[C@@H](C)OC(=O)[C@@H]3CCCN(N3)C(=O)[C@H](C)NC1=O)CCN(S(C)(=O)=O)CC2.CCN1CCC2(/C=C/c3ccc4ccc(nc4c3)[C@@H](C)OC(=O)[C@@H]3CCCN(N3)C(=O)[C@H](C)NC(=O)[C@H](C(C)C)NC2=O)CC1. The first-order valence-corrected chi connectivity index (χ1v) is 51.9. The Hall–Kier alpha value is -12.3. The summed E-state index contributed by atoms with van der Waals surface area (Å²) in [6.45, 7) is 29.4. The molecule has 760 valence electrons. The molecule has 35 nitrogen and oxygen atoms in total. The zero-order valence-electron chi connectivity index (χ0n) is 83.8. The quantitative estimate of drug-likeness (QED) is 0.0529. The number of piperidine rings is 3. The van der Waals surface area contributed by atoms with Crippen molar-refractivity contribution < 1.29 is 80.2 Å². The van der Waals surface area contributed by atoms with Crippen LogP contribution in [0.3, 0.4) is 0 Å². The van der Waals surface area contributed by atoms with Gasteiger partial charge in [-0.2, -0.15) is 0 Å². The van der Waals surface area contributed by atoms with Crippen LogP contribution in [0.15, 0.2) is 140 Å². The van der Waals surface area contributed by atoms with Crippen LogP contribution in [0.5, 0.6) is 0 Å². The van der Waals surface area contributed by atoms with E-state index in [-0.39, 0.29) is 67.3 Å². The lowest BCUT2D eigenvalue weighted by molar-refractivity contribution is -0.158. The third kappa shape index (κ3) is 25.5. The number of esters is 3. The fourth-order valence-corrected chi connectivity index (χ4v) is 20.4. The zero-order valence-corrected chi connectivity index (χ0v) is 84.6. The first kappa shape index (κ1) is 105. The number of ether oxygens (including phenoxy) is 3. The van der Waals surface area contributed by atoms with E-state index in [1.165, 1.54) is 24.9 Å². The van der Waals surface area contributed by atoms with Gasteiger partial charge in [-0.05, 0) is 228 Å². The first-order valence-electron chi connectivity index (χ1n) is 50.1. The summed E-state index contributed by atoms with van der Waals surface area (Å²) in [6, 6.07) is 31.7. The summed E-state index contributed by atoms with van der Waals surface area (Å²) in [5.74, 6) is -5.58. The molecule has 36 heteroatoms. The Kier molecular flexibility index (Phi) is 34.1. The molecule has 9 aliphatic rings. The van der Waals surface area contributed by atoms with Crippen LogP contribution in [0.2, 0.25) is 0 Å². The maximum absolute atomic E-state index is 14.4. The van der Waals surface area contributed by atoms with E-state index in [1.54, 1.807) is 67.5 Å². The van der Waals surface area contributed by atoms with Gasteiger partial charge >= 0.3 is 17.9 Å². The van der Waals surface area contributed by atoms with Crippen molar-refractivity contribution in [2.75, 3.05) is 71.7 Å². The monoisotopic (exact) mass is 1970 g/mol. The molecule has 6 fully saturated rings. The van der Waals surface area contributed by atoms with E-state index in [0.717, 1.165) is 76.3 Å². The molecule has 3 aromatic heterocycles. The smallest absolute Gasteiger partial charge is 0.325 e. The molecule has 3 spiro atoms. The molecule has 0 unspecified atom stereocenters. The van der Waals surface area contributed by atoms with E-state index in [2.05, 4.69) is 77.0 Å². The molecule has 9 amide bonds. The maximum Gasteiger partial charge on any atom is 0.325 e. The number of amides is 9. The van der Waals surface area contributed by atoms with Gasteiger partial charge in [0.1, 0.15) is 72.7 Å². The minimum Gasteiger partial charge on any atom is -0.455 e. The normalized spacial score (nSPS) is 27.0. The molecule has 4 aromatic carbocycles. The number of sulfonamides is 1. The summed E-state index contributed by atoms with van der Waals surface area (Å²) < 4.78 is 43.4. The van der Waals surface area contributed by atoms with Crippen LogP contribution in [0, 0.1) is 34.0 Å². The van der Waals surface area contributed by atoms with Crippen LogP contribution < -0.4 is 48.2 Å². The van der Waals surface area contributed by atoms with E-state index in [1.807, 2.05) is 161 Å². The van der Waals surface area contributed by atoms with E-state index < -0.39 is 146 Å². The number of aromatic nitrogens is 3. The molecule has 12 heterocycles. The van der Waals surface area contributed by atoms with E-state index >= 15 is 0 Å². The fourth-order valence-electron chi connectivity index (χ4n) is 19.6. The number of hydrogen-bond acceptors (Lipinski definition) is 25. The third-order valence-corrected chi connectivity index (χ3v) is 30.2. The van der Waals surface area contributed by atoms with Crippen molar-refractivity contribution in [2.45, 2.75) is 246 Å². The van der Waals surface area contributed by atoms with Gasteiger partial charge in [0.15, 0.2) is 0 Å². The Labute approximate surface area is 830 Å². The average Bonchev–Trinajstić information content (AvgIpc) is 0.935. The minimum atomic E-state index is -3.46. The van der Waals surface area contributed by atoms with Crippen LogP contribution in [0.4, 0.5) is 0 Å². The second-order valence-electron chi connectivity index (χ2n) is 40.3. The number of carbonyl (C=O) groups is 12. The lowest BCUT2D eigenvalue weighted by Crippen LogP contribution is -2.61. The van der Waals surface area contributed by atoms with Crippen LogP contribution in [-0.2, 0) is 88.3 Å². The summed E-state index contributed by atoms with van der Waals surface area (Å²) in [6.07, 6.45) is 16.8. The molecule has 9 N–H and O–H groups in total. The van der Waals surface area contributed by atoms with Crippen LogP contribution in [0.25, 0.3) is 50.9 Å². The fraction of sp³-hybridized carbons (Fsp3) is 0.519. The molecular formula is C106H138N18O17S. The van der Waals surface area contributed by atoms with Gasteiger partial charge in [-0.15, -0.1) is 0 Å². The molecule has 12 atom stereocenters. The second kappa shape index (κ2) is 45.9. The average molecular weight is 1970 g/mol. The summed E-state index contributed by atoms with van der Waals surface area (Å²) in [4.78, 5) is 182. The highest BCUT2D eigenvalue weighted by Gasteiger charge is 2.48. The Morgan fingerprint density at radius 2 is 0.676 bits per heavy atom. The summed E-state index contributed by atoms with van der Waals surface area (Å²) in [5, 5.41) is 24.3. The highest BCUT2D eigenvalue weighted by Crippen LogP contribution is 2.40. The predicted octanol–water partition coefficient (Wildman–Crippen LogP) is 9.45. The van der Waals surface area contributed by atoms with Gasteiger partial charge in [-0.1, -0.05) is 170 Å². The highest BCUT2D eigenvalue weighted by molar-refractivity contribution is 7.88. The van der Waals surface area contributed by atoms with Crippen molar-refractivity contribution in [3.63, 3.8) is 0 Å². The number of pyridine rings is 3. The molecule has 7 aromatic rings. The van der Waals surface area contributed by atoms with Crippen LogP contribution in [-0.4, -0.2) is 250 Å². The third-order valence-electron chi connectivity index (χ3n) is 28.9. The lowest BCUT2D eigenvalue weighted by atomic mass is 9.76. The van der Waals surface area contributed by atoms with E-state index in [9.17, 15) is 66.0 Å². The van der Waals surface area contributed by atoms with Gasteiger partial charge in [-0.25, -0.2) is 44.0 Å². The zero-order chi connectivity index (χ0) is 102. The highest BCUT2D eigenvalue weighted by atomic mass is 32.2. The van der Waals surface area contributed by atoms with Gasteiger partial charge in [0.05, 0.1) is 56.1 Å². The Balaban J connectivity index is 0.000000169. The van der Waals surface area contributed by atoms with Crippen molar-refractivity contribution in [3.05, 3.63) is 179 Å². The lowest BCUT2D eigenvalue weighted by Gasteiger charge is -2.40. The molecule has 0 aliphatic carbocycles. The predicted molar refractivity (Wildman–Crippen MR) is 538 cm³/mol. The molecule has 0 radical (unpaired) electrons. The topological polar surface area (TPSA) is 433 Å². The van der Waals surface area contributed by atoms with Crippen molar-refractivity contribution in [2.24, 2.45) is 34.0 Å². The van der Waals surface area contributed by atoms with Crippen molar-refractivity contribution in [3.8, 4) is 0 Å². The largest absolute Gasteiger partial charge is 0.455 e. The van der Waals surface area contributed by atoms with E-state index in [0.29, 0.717) is 120 Å². The number of carbonyl (C=O) groups excluding carboxylic acids is 12. The van der Waals surface area contributed by atoms with E-state index in [4.69, 9.17) is 29.2 Å². The molecule has 16 rings (SSSR count). The standard InChI is InChI=1S/C39H48N6O5.C34H46N6O5.C33H44N6O7S/c1-25(2)34-35(46)40-26(3)36(47)45-20-8-11-32(43-45)37(48)50-27(4)31-15-14-30-13-12-28(23-33(30)41-31)16-17-39(38(49)42-34)18-21-44(22-19-39)24-29-9-6-5-7-10-29;1-6-39-18-15-34(16-19-39)14-13-24-9-10-25-11-12-26(36-28(25)20-24)23(5)45-32(43)27-8-7-17-40(38-27)31(42)22(4)35-30(41)29(21(2)3)37-33(34)44;1-20(2)28-29(40)34-21(3)30(41)39-16-6-7-26(37-39)31(42)46-22(4)25-11-10-24-9-8-23(19-27(24)35-25)12-13-33(32(43)36-28)14-17-38(18-15-33)47(5,44)45/h5-7,9-10,12-17,23,25-27,32,34,43H,8,11,18-22,24H2,1-4H3,(H,40,46)(H,42,49);9-14,20-23,27,29,38H,6-8,15-19H2,1-5H3,(H,35,41)(H,37,44);8-13,19-22,26,28,37H,6-7,14-18H2,1-5H3,(H,34,40)(H,36,43)/b17-16+;14-13+;13-12+/t26-,27+,32-,34-;22-,23+,27-,29-;21-,22+,26-,28-/m000/s1. The van der Waals surface area contributed by atoms with Gasteiger partial charge < -0.3 is 51.0 Å². The number of cyclic esters (lactones) is 3. The van der Waals surface area contributed by atoms with Crippen LogP contribution in [0.1, 0.15) is 225 Å². The Morgan fingerprint density at radius 1 is 0.380 bits per heavy atom. The maximum atomic E-state index is 14.4. The van der Waals surface area contributed by atoms with Gasteiger partial charge in [0.2, 0.25) is 45.5 Å².